The summed E-state index contributed by atoms with van der Waals surface area (Å²) in [6.45, 7) is 0. The van der Waals surface area contributed by atoms with Crippen LogP contribution in [0.2, 0.25) is 0 Å². The first-order valence-corrected chi connectivity index (χ1v) is 8.13. The van der Waals surface area contributed by atoms with Crippen LogP contribution in [0.25, 0.3) is 34.1 Å². The van der Waals surface area contributed by atoms with E-state index in [1.807, 2.05) is 36.4 Å². The largest absolute Gasteiger partial charge is 0.454 e. The van der Waals surface area contributed by atoms with Crippen molar-refractivity contribution >= 4 is 22.6 Å². The first kappa shape index (κ1) is 17.5. The van der Waals surface area contributed by atoms with Crippen molar-refractivity contribution in [2.75, 3.05) is 0 Å². The molecular weight excluding hydrogens is 369 g/mol. The second-order valence-electron chi connectivity index (χ2n) is 5.95. The number of nitrogens with zero attached hydrogens (tertiary/aromatic N) is 3. The van der Waals surface area contributed by atoms with Gasteiger partial charge in [-0.2, -0.15) is 23.5 Å². The second kappa shape index (κ2) is 6.70. The second-order valence-corrected chi connectivity index (χ2v) is 5.95. The predicted octanol–water partition coefficient (Wildman–Crippen LogP) is 5.30. The fourth-order valence-electron chi connectivity index (χ4n) is 2.75. The lowest BCUT2D eigenvalue weighted by Crippen LogP contribution is -2.05. The number of alkyl halides is 3. The summed E-state index contributed by atoms with van der Waals surface area (Å²) >= 11 is 0. The van der Waals surface area contributed by atoms with Gasteiger partial charge in [0.1, 0.15) is 17.3 Å². The highest BCUT2D eigenvalue weighted by Crippen LogP contribution is 2.31. The monoisotopic (exact) mass is 380 g/mol. The van der Waals surface area contributed by atoms with E-state index in [1.165, 1.54) is 18.3 Å². The number of hydrogen-bond donors (Lipinski definition) is 1. The van der Waals surface area contributed by atoms with Gasteiger partial charge in [0.05, 0.1) is 23.0 Å². The van der Waals surface area contributed by atoms with Crippen LogP contribution in [0.15, 0.2) is 59.3 Å². The molecule has 28 heavy (non-hydrogen) atoms. The standard InChI is InChI=1S/C20H11F3N4O/c21-20(22,23)15-5-6-16(25-11-15)13(9-24)7-14-10-26-27-19(14)18-8-12-3-1-2-4-17(12)28-18/h1-8,10-11H,(H,26,27)/b13-7+. The highest BCUT2D eigenvalue weighted by atomic mass is 19.4. The molecule has 1 aromatic carbocycles. The number of halogens is 3. The molecule has 0 unspecified atom stereocenters. The van der Waals surface area contributed by atoms with Crippen LogP contribution in [-0.4, -0.2) is 15.2 Å². The van der Waals surface area contributed by atoms with Crippen LogP contribution in [0.1, 0.15) is 16.8 Å². The van der Waals surface area contributed by atoms with Crippen molar-refractivity contribution in [3.8, 4) is 17.5 Å². The number of H-pyrrole nitrogens is 1. The Balaban J connectivity index is 1.72. The summed E-state index contributed by atoms with van der Waals surface area (Å²) in [7, 11) is 0. The highest BCUT2D eigenvalue weighted by molar-refractivity contribution is 5.91. The Bertz CT molecular complexity index is 1180. The molecule has 0 atom stereocenters. The molecule has 0 fully saturated rings. The minimum absolute atomic E-state index is 0.104. The Morgan fingerprint density at radius 3 is 2.64 bits per heavy atom. The molecule has 0 bridgehead atoms. The normalized spacial score (nSPS) is 12.3. The van der Waals surface area contributed by atoms with E-state index in [4.69, 9.17) is 4.42 Å². The lowest BCUT2D eigenvalue weighted by molar-refractivity contribution is -0.137. The molecule has 5 nitrogen and oxygen atoms in total. The quantitative estimate of drug-likeness (QED) is 0.489. The van der Waals surface area contributed by atoms with Gasteiger partial charge in [0.25, 0.3) is 0 Å². The number of aromatic amines is 1. The molecule has 3 heterocycles. The minimum atomic E-state index is -4.49. The van der Waals surface area contributed by atoms with E-state index in [0.29, 0.717) is 28.8 Å². The number of allylic oxidation sites excluding steroid dienone is 1. The van der Waals surface area contributed by atoms with Gasteiger partial charge in [-0.25, -0.2) is 0 Å². The molecule has 0 saturated carbocycles. The Morgan fingerprint density at radius 1 is 1.14 bits per heavy atom. The molecule has 3 aromatic heterocycles. The fourth-order valence-corrected chi connectivity index (χ4v) is 2.75. The van der Waals surface area contributed by atoms with E-state index in [0.717, 1.165) is 11.5 Å². The first-order valence-electron chi connectivity index (χ1n) is 8.13. The number of aromatic nitrogens is 3. The van der Waals surface area contributed by atoms with Crippen molar-refractivity contribution in [3.63, 3.8) is 0 Å². The van der Waals surface area contributed by atoms with Crippen LogP contribution in [0.4, 0.5) is 13.2 Å². The van der Waals surface area contributed by atoms with Gasteiger partial charge in [0.2, 0.25) is 0 Å². The zero-order valence-electron chi connectivity index (χ0n) is 14.2. The average Bonchev–Trinajstić information content (AvgIpc) is 3.31. The summed E-state index contributed by atoms with van der Waals surface area (Å²) in [6, 6.07) is 13.3. The number of furan rings is 1. The number of rotatable bonds is 3. The Labute approximate surface area is 156 Å². The number of nitriles is 1. The first-order chi connectivity index (χ1) is 13.5. The van der Waals surface area contributed by atoms with Gasteiger partial charge in [0.15, 0.2) is 5.76 Å². The van der Waals surface area contributed by atoms with E-state index < -0.39 is 11.7 Å². The maximum Gasteiger partial charge on any atom is 0.417 e. The molecule has 1 N–H and O–H groups in total. The van der Waals surface area contributed by atoms with Gasteiger partial charge < -0.3 is 4.42 Å². The van der Waals surface area contributed by atoms with Crippen LogP contribution in [0, 0.1) is 11.3 Å². The summed E-state index contributed by atoms with van der Waals surface area (Å²) in [5, 5.41) is 17.2. The van der Waals surface area contributed by atoms with Crippen LogP contribution < -0.4 is 0 Å². The smallest absolute Gasteiger partial charge is 0.417 e. The third-order valence-corrected chi connectivity index (χ3v) is 4.13. The van der Waals surface area contributed by atoms with Crippen molar-refractivity contribution in [2.24, 2.45) is 0 Å². The summed E-state index contributed by atoms with van der Waals surface area (Å²) in [6.07, 6.45) is -0.775. The number of hydrogen-bond acceptors (Lipinski definition) is 4. The average molecular weight is 380 g/mol. The number of nitrogens with one attached hydrogen (secondary N) is 1. The molecule has 0 aliphatic heterocycles. The number of para-hydroxylation sites is 1. The van der Waals surface area contributed by atoms with Gasteiger partial charge in [0, 0.05) is 17.1 Å². The van der Waals surface area contributed by atoms with Crippen molar-refractivity contribution in [3.05, 3.63) is 71.7 Å². The van der Waals surface area contributed by atoms with Crippen LogP contribution in [-0.2, 0) is 6.18 Å². The molecule has 0 spiro atoms. The lowest BCUT2D eigenvalue weighted by atomic mass is 10.1. The van der Waals surface area contributed by atoms with E-state index >= 15 is 0 Å². The van der Waals surface area contributed by atoms with Crippen molar-refractivity contribution in [1.29, 1.82) is 5.26 Å². The van der Waals surface area contributed by atoms with Crippen LogP contribution in [0.5, 0.6) is 0 Å². The highest BCUT2D eigenvalue weighted by Gasteiger charge is 2.30. The van der Waals surface area contributed by atoms with Gasteiger partial charge in [-0.15, -0.1) is 0 Å². The summed E-state index contributed by atoms with van der Waals surface area (Å²) in [4.78, 5) is 3.77. The zero-order valence-corrected chi connectivity index (χ0v) is 14.2. The molecule has 0 aliphatic carbocycles. The third kappa shape index (κ3) is 3.25. The zero-order chi connectivity index (χ0) is 19.7. The third-order valence-electron chi connectivity index (χ3n) is 4.13. The number of pyridine rings is 1. The lowest BCUT2D eigenvalue weighted by Gasteiger charge is -2.06. The molecule has 0 aliphatic rings. The minimum Gasteiger partial charge on any atom is -0.454 e. The summed E-state index contributed by atoms with van der Waals surface area (Å²) in [5.41, 5.74) is 1.17. The van der Waals surface area contributed by atoms with Crippen LogP contribution >= 0.6 is 0 Å². The van der Waals surface area contributed by atoms with Gasteiger partial charge in [-0.1, -0.05) is 18.2 Å². The molecule has 8 heteroatoms. The topological polar surface area (TPSA) is 78.5 Å². The predicted molar refractivity (Wildman–Crippen MR) is 96.5 cm³/mol. The number of fused-ring (bicyclic) bond motifs is 1. The Kier molecular flexibility index (Phi) is 4.20. The van der Waals surface area contributed by atoms with Gasteiger partial charge >= 0.3 is 6.18 Å². The molecule has 138 valence electrons. The molecular formula is C20H11F3N4O. The number of benzene rings is 1. The van der Waals surface area contributed by atoms with E-state index in [-0.39, 0.29) is 11.3 Å². The van der Waals surface area contributed by atoms with E-state index in [1.54, 1.807) is 0 Å². The fraction of sp³-hybridized carbons (Fsp3) is 0.0500. The molecule has 4 aromatic rings. The molecule has 4 rings (SSSR count). The maximum absolute atomic E-state index is 12.7. The van der Waals surface area contributed by atoms with E-state index in [2.05, 4.69) is 15.2 Å². The molecule has 0 amide bonds. The van der Waals surface area contributed by atoms with Crippen molar-refractivity contribution in [2.45, 2.75) is 6.18 Å². The van der Waals surface area contributed by atoms with Crippen molar-refractivity contribution in [1.82, 2.24) is 15.2 Å². The van der Waals surface area contributed by atoms with Crippen LogP contribution in [0.3, 0.4) is 0 Å². The van der Waals surface area contributed by atoms with Gasteiger partial charge in [-0.05, 0) is 30.3 Å². The Morgan fingerprint density at radius 2 is 1.96 bits per heavy atom. The summed E-state index contributed by atoms with van der Waals surface area (Å²) in [5.74, 6) is 0.530. The van der Waals surface area contributed by atoms with Crippen molar-refractivity contribution < 1.29 is 17.6 Å². The summed E-state index contributed by atoms with van der Waals surface area (Å²) < 4.78 is 43.9. The SMILES string of the molecule is N#C/C(=C\c1cn[nH]c1-c1cc2ccccc2o1)c1ccc(C(F)(F)F)cn1. The van der Waals surface area contributed by atoms with Gasteiger partial charge in [-0.3, -0.25) is 10.1 Å². The maximum atomic E-state index is 12.7. The molecule has 0 saturated heterocycles. The molecule has 0 radical (unpaired) electrons. The van der Waals surface area contributed by atoms with E-state index in [9.17, 15) is 18.4 Å². The Hall–Kier alpha value is -3.86.